The number of nitrogens with zero attached hydrogens (tertiary/aromatic N) is 1. The van der Waals surface area contributed by atoms with Crippen LogP contribution in [0.3, 0.4) is 0 Å². The summed E-state index contributed by atoms with van der Waals surface area (Å²) in [6, 6.07) is 16.2. The van der Waals surface area contributed by atoms with E-state index >= 15 is 0 Å². The fourth-order valence-electron chi connectivity index (χ4n) is 3.85. The number of carboxylic acid groups (broad SMARTS) is 1. The maximum absolute atomic E-state index is 12.4. The first kappa shape index (κ1) is 16.6. The van der Waals surface area contributed by atoms with Crippen LogP contribution < -0.4 is 5.73 Å². The van der Waals surface area contributed by atoms with Gasteiger partial charge < -0.3 is 20.5 Å². The van der Waals surface area contributed by atoms with Crippen molar-refractivity contribution in [3.63, 3.8) is 0 Å². The Bertz CT molecular complexity index is 836. The van der Waals surface area contributed by atoms with Crippen LogP contribution in [0.1, 0.15) is 23.5 Å². The summed E-state index contributed by atoms with van der Waals surface area (Å²) in [5.41, 5.74) is 9.05. The molecular weight excluding hydrogens is 332 g/mol. The van der Waals surface area contributed by atoms with E-state index in [2.05, 4.69) is 24.3 Å². The lowest BCUT2D eigenvalue weighted by Gasteiger charge is -2.21. The Balaban J connectivity index is 1.49. The third kappa shape index (κ3) is 2.63. The highest BCUT2D eigenvalue weighted by molar-refractivity contribution is 5.81. The normalized spacial score (nSPS) is 21.3. The molecule has 2 aliphatic rings. The van der Waals surface area contributed by atoms with Crippen LogP contribution in [-0.2, 0) is 9.53 Å². The highest BCUT2D eigenvalue weighted by atomic mass is 16.6. The van der Waals surface area contributed by atoms with Crippen molar-refractivity contribution < 1.29 is 19.4 Å². The van der Waals surface area contributed by atoms with E-state index < -0.39 is 17.6 Å². The minimum atomic E-state index is -1.38. The molecule has 0 saturated carbocycles. The van der Waals surface area contributed by atoms with Gasteiger partial charge in [-0.25, -0.2) is 4.79 Å². The van der Waals surface area contributed by atoms with Gasteiger partial charge in [-0.15, -0.1) is 0 Å². The Kier molecular flexibility index (Phi) is 3.92. The molecule has 0 bridgehead atoms. The molecule has 0 radical (unpaired) electrons. The van der Waals surface area contributed by atoms with Crippen molar-refractivity contribution in [2.24, 2.45) is 5.73 Å². The summed E-state index contributed by atoms with van der Waals surface area (Å²) in [4.78, 5) is 25.0. The number of ether oxygens (including phenoxy) is 1. The summed E-state index contributed by atoms with van der Waals surface area (Å²) in [5.74, 6) is -1.11. The van der Waals surface area contributed by atoms with Gasteiger partial charge in [0.1, 0.15) is 12.1 Å². The number of carbonyl (C=O) groups is 2. The number of amides is 1. The van der Waals surface area contributed by atoms with Crippen LogP contribution in [-0.4, -0.2) is 47.3 Å². The van der Waals surface area contributed by atoms with Crippen LogP contribution in [0.2, 0.25) is 0 Å². The summed E-state index contributed by atoms with van der Waals surface area (Å²) in [5, 5.41) is 9.19. The number of nitrogens with two attached hydrogens (primary N) is 1. The van der Waals surface area contributed by atoms with Crippen molar-refractivity contribution >= 4 is 12.1 Å². The topological polar surface area (TPSA) is 92.9 Å². The number of carbonyl (C=O) groups excluding carboxylic acids is 1. The van der Waals surface area contributed by atoms with Crippen molar-refractivity contribution in [1.82, 2.24) is 4.90 Å². The van der Waals surface area contributed by atoms with E-state index in [1.165, 1.54) is 4.90 Å². The van der Waals surface area contributed by atoms with Gasteiger partial charge in [-0.2, -0.15) is 0 Å². The van der Waals surface area contributed by atoms with E-state index in [1.54, 1.807) is 0 Å². The van der Waals surface area contributed by atoms with Gasteiger partial charge in [-0.3, -0.25) is 4.79 Å². The average Bonchev–Trinajstić information content (AvgIpc) is 3.20. The monoisotopic (exact) mass is 352 g/mol. The SMILES string of the molecule is NC1(C(=O)O)CCN(C(=O)OCC2c3ccccc3-c3ccccc32)C1. The van der Waals surface area contributed by atoms with Gasteiger partial charge in [-0.1, -0.05) is 48.5 Å². The standard InChI is InChI=1S/C20H20N2O4/c21-20(18(23)24)9-10-22(12-20)19(25)26-11-17-15-7-3-1-5-13(15)14-6-2-4-8-16(14)17/h1-8,17H,9-12,21H2,(H,23,24). The molecule has 4 rings (SSSR count). The molecule has 0 aromatic heterocycles. The minimum absolute atomic E-state index is 0.0175. The van der Waals surface area contributed by atoms with Gasteiger partial charge in [0, 0.05) is 12.5 Å². The van der Waals surface area contributed by atoms with E-state index in [4.69, 9.17) is 10.5 Å². The molecule has 134 valence electrons. The second-order valence-corrected chi connectivity index (χ2v) is 6.94. The molecule has 2 aromatic rings. The van der Waals surface area contributed by atoms with E-state index in [0.717, 1.165) is 22.3 Å². The number of rotatable bonds is 3. The van der Waals surface area contributed by atoms with Crippen LogP contribution in [0.4, 0.5) is 4.79 Å². The largest absolute Gasteiger partial charge is 0.480 e. The van der Waals surface area contributed by atoms with E-state index in [1.807, 2.05) is 24.3 Å². The quantitative estimate of drug-likeness (QED) is 0.885. The van der Waals surface area contributed by atoms with Crippen molar-refractivity contribution in [2.45, 2.75) is 17.9 Å². The van der Waals surface area contributed by atoms with Gasteiger partial charge in [-0.05, 0) is 28.7 Å². The zero-order valence-electron chi connectivity index (χ0n) is 14.2. The predicted molar refractivity (Wildman–Crippen MR) is 95.8 cm³/mol. The molecule has 0 spiro atoms. The fourth-order valence-corrected chi connectivity index (χ4v) is 3.85. The molecule has 1 atom stereocenters. The first-order chi connectivity index (χ1) is 12.5. The molecule has 1 unspecified atom stereocenters. The number of carboxylic acids is 1. The lowest BCUT2D eigenvalue weighted by atomic mass is 9.98. The van der Waals surface area contributed by atoms with E-state index in [-0.39, 0.29) is 25.5 Å². The van der Waals surface area contributed by atoms with E-state index in [0.29, 0.717) is 6.54 Å². The van der Waals surface area contributed by atoms with Crippen molar-refractivity contribution in [1.29, 1.82) is 0 Å². The Morgan fingerprint density at radius 3 is 2.23 bits per heavy atom. The first-order valence-electron chi connectivity index (χ1n) is 8.62. The molecule has 1 amide bonds. The lowest BCUT2D eigenvalue weighted by Crippen LogP contribution is -2.50. The third-order valence-corrected chi connectivity index (χ3v) is 5.32. The summed E-state index contributed by atoms with van der Waals surface area (Å²) in [6.45, 7) is 0.479. The molecule has 1 fully saturated rings. The van der Waals surface area contributed by atoms with Crippen molar-refractivity contribution in [2.75, 3.05) is 19.7 Å². The summed E-state index contributed by atoms with van der Waals surface area (Å²) < 4.78 is 5.54. The number of fused-ring (bicyclic) bond motifs is 3. The van der Waals surface area contributed by atoms with Gasteiger partial charge >= 0.3 is 12.1 Å². The molecule has 26 heavy (non-hydrogen) atoms. The molecular formula is C20H20N2O4. The highest BCUT2D eigenvalue weighted by Crippen LogP contribution is 2.44. The fraction of sp³-hybridized carbons (Fsp3) is 0.300. The van der Waals surface area contributed by atoms with Gasteiger partial charge in [0.25, 0.3) is 0 Å². The second kappa shape index (κ2) is 6.14. The minimum Gasteiger partial charge on any atom is -0.480 e. The summed E-state index contributed by atoms with van der Waals surface area (Å²) >= 11 is 0. The zero-order chi connectivity index (χ0) is 18.3. The number of benzene rings is 2. The zero-order valence-corrected chi connectivity index (χ0v) is 14.2. The van der Waals surface area contributed by atoms with Gasteiger partial charge in [0.15, 0.2) is 0 Å². The van der Waals surface area contributed by atoms with Crippen LogP contribution in [0.25, 0.3) is 11.1 Å². The third-order valence-electron chi connectivity index (χ3n) is 5.32. The molecule has 2 aromatic carbocycles. The van der Waals surface area contributed by atoms with Gasteiger partial charge in [0.2, 0.25) is 0 Å². The molecule has 6 heteroatoms. The maximum atomic E-state index is 12.4. The van der Waals surface area contributed by atoms with Crippen LogP contribution >= 0.6 is 0 Å². The lowest BCUT2D eigenvalue weighted by molar-refractivity contribution is -0.142. The number of aliphatic carboxylic acids is 1. The molecule has 1 heterocycles. The average molecular weight is 352 g/mol. The Hall–Kier alpha value is -2.86. The second-order valence-electron chi connectivity index (χ2n) is 6.94. The van der Waals surface area contributed by atoms with Crippen LogP contribution in [0.15, 0.2) is 48.5 Å². The number of likely N-dealkylation sites (tertiary alicyclic amines) is 1. The Morgan fingerprint density at radius 2 is 1.69 bits per heavy atom. The number of hydrogen-bond donors (Lipinski definition) is 2. The smallest absolute Gasteiger partial charge is 0.409 e. The molecule has 1 aliphatic carbocycles. The van der Waals surface area contributed by atoms with Crippen molar-refractivity contribution in [3.8, 4) is 11.1 Å². The van der Waals surface area contributed by atoms with Crippen LogP contribution in [0, 0.1) is 0 Å². The summed E-state index contributed by atoms with van der Waals surface area (Å²) in [6.07, 6.45) is -0.285. The molecule has 6 nitrogen and oxygen atoms in total. The maximum Gasteiger partial charge on any atom is 0.409 e. The van der Waals surface area contributed by atoms with E-state index in [9.17, 15) is 14.7 Å². The number of hydrogen-bond acceptors (Lipinski definition) is 4. The first-order valence-corrected chi connectivity index (χ1v) is 8.62. The van der Waals surface area contributed by atoms with Crippen LogP contribution in [0.5, 0.6) is 0 Å². The molecule has 1 saturated heterocycles. The van der Waals surface area contributed by atoms with Gasteiger partial charge in [0.05, 0.1) is 6.54 Å². The van der Waals surface area contributed by atoms with Crippen molar-refractivity contribution in [3.05, 3.63) is 59.7 Å². The Labute approximate surface area is 151 Å². The molecule has 1 aliphatic heterocycles. The predicted octanol–water partition coefficient (Wildman–Crippen LogP) is 2.42. The highest BCUT2D eigenvalue weighted by Gasteiger charge is 2.43. The summed E-state index contributed by atoms with van der Waals surface area (Å²) in [7, 11) is 0. The molecule has 3 N–H and O–H groups in total. The Morgan fingerprint density at radius 1 is 1.12 bits per heavy atom.